The van der Waals surface area contributed by atoms with Crippen molar-refractivity contribution in [2.75, 3.05) is 19.7 Å². The maximum Gasteiger partial charge on any atom is 0.321 e. The van der Waals surface area contributed by atoms with Gasteiger partial charge >= 0.3 is 5.97 Å². The summed E-state index contributed by atoms with van der Waals surface area (Å²) >= 11 is 0. The molecular weight excluding hydrogens is 343 g/mol. The third kappa shape index (κ3) is 4.59. The Morgan fingerprint density at radius 3 is 2.50 bits per heavy atom. The van der Waals surface area contributed by atoms with Crippen LogP contribution in [0.3, 0.4) is 0 Å². The van der Waals surface area contributed by atoms with E-state index in [1.165, 1.54) is 0 Å². The van der Waals surface area contributed by atoms with Crippen molar-refractivity contribution in [3.63, 3.8) is 0 Å². The molecule has 0 aromatic heterocycles. The van der Waals surface area contributed by atoms with E-state index in [1.807, 2.05) is 4.72 Å². The number of nitrogens with zero attached hydrogens (tertiary/aromatic N) is 1. The number of imide groups is 1. The van der Waals surface area contributed by atoms with Gasteiger partial charge in [0.05, 0.1) is 4.90 Å². The van der Waals surface area contributed by atoms with Gasteiger partial charge in [-0.15, -0.1) is 0 Å². The largest absolute Gasteiger partial charge is 0.455 e. The summed E-state index contributed by atoms with van der Waals surface area (Å²) in [6, 6.07) is 4.04. The van der Waals surface area contributed by atoms with Gasteiger partial charge in [-0.1, -0.05) is 0 Å². The minimum absolute atomic E-state index is 0.213. The zero-order chi connectivity index (χ0) is 17.7. The van der Waals surface area contributed by atoms with Gasteiger partial charge < -0.3 is 4.74 Å². The number of ether oxygens (including phenoxy) is 1. The van der Waals surface area contributed by atoms with Crippen molar-refractivity contribution < 1.29 is 31.9 Å². The van der Waals surface area contributed by atoms with Gasteiger partial charge in [0, 0.05) is 13.0 Å². The average Bonchev–Trinajstić information content (AvgIpc) is 2.97. The molecule has 10 heteroatoms. The number of halogens is 1. The van der Waals surface area contributed by atoms with Crippen LogP contribution >= 0.6 is 0 Å². The highest BCUT2D eigenvalue weighted by atomic mass is 32.2. The van der Waals surface area contributed by atoms with Gasteiger partial charge in [0.1, 0.15) is 12.4 Å². The number of benzene rings is 1. The zero-order valence-electron chi connectivity index (χ0n) is 12.5. The fourth-order valence-electron chi connectivity index (χ4n) is 2.03. The molecule has 24 heavy (non-hydrogen) atoms. The van der Waals surface area contributed by atoms with Gasteiger partial charge in [-0.25, -0.2) is 12.8 Å². The molecule has 1 fully saturated rings. The second-order valence-electron chi connectivity index (χ2n) is 4.98. The summed E-state index contributed by atoms with van der Waals surface area (Å²) < 4.78 is 43.2. The van der Waals surface area contributed by atoms with Crippen LogP contribution in [0, 0.1) is 5.82 Å². The lowest BCUT2D eigenvalue weighted by molar-refractivity contribution is -0.153. The molecule has 1 aromatic carbocycles. The van der Waals surface area contributed by atoms with Crippen LogP contribution in [0.2, 0.25) is 0 Å². The molecule has 2 rings (SSSR count). The Morgan fingerprint density at radius 1 is 1.25 bits per heavy atom. The van der Waals surface area contributed by atoms with Crippen LogP contribution in [0.15, 0.2) is 29.2 Å². The van der Waals surface area contributed by atoms with Crippen molar-refractivity contribution >= 4 is 27.8 Å². The van der Waals surface area contributed by atoms with Crippen molar-refractivity contribution in [1.82, 2.24) is 9.62 Å². The molecule has 1 aliphatic heterocycles. The summed E-state index contributed by atoms with van der Waals surface area (Å²) in [5.74, 6) is -2.54. The summed E-state index contributed by atoms with van der Waals surface area (Å²) in [6.07, 6.45) is 0.840. The molecule has 8 nitrogen and oxygen atoms in total. The summed E-state index contributed by atoms with van der Waals surface area (Å²) in [5, 5.41) is 0. The number of rotatable bonds is 6. The lowest BCUT2D eigenvalue weighted by atomic mass is 10.4. The Hall–Kier alpha value is -2.33. The monoisotopic (exact) mass is 358 g/mol. The molecular formula is C14H15FN2O6S. The average molecular weight is 358 g/mol. The van der Waals surface area contributed by atoms with Crippen molar-refractivity contribution in [3.05, 3.63) is 30.1 Å². The fraction of sp³-hybridized carbons (Fsp3) is 0.357. The van der Waals surface area contributed by atoms with Crippen LogP contribution in [0.4, 0.5) is 4.39 Å². The van der Waals surface area contributed by atoms with Gasteiger partial charge in [0.2, 0.25) is 15.9 Å². The number of esters is 1. The summed E-state index contributed by atoms with van der Waals surface area (Å²) in [5.41, 5.74) is 0. The molecule has 1 N–H and O–H groups in total. The maximum atomic E-state index is 12.8. The van der Waals surface area contributed by atoms with E-state index in [1.54, 1.807) is 0 Å². The first-order valence-electron chi connectivity index (χ1n) is 7.03. The number of hydrogen-bond acceptors (Lipinski definition) is 6. The van der Waals surface area contributed by atoms with Gasteiger partial charge in [0.15, 0.2) is 6.61 Å². The van der Waals surface area contributed by atoms with Crippen LogP contribution in [0.5, 0.6) is 0 Å². The first-order chi connectivity index (χ1) is 11.3. The first kappa shape index (κ1) is 18.0. The van der Waals surface area contributed by atoms with E-state index < -0.39 is 40.9 Å². The molecule has 0 radical (unpaired) electrons. The van der Waals surface area contributed by atoms with Crippen LogP contribution in [-0.4, -0.2) is 50.8 Å². The van der Waals surface area contributed by atoms with Gasteiger partial charge in [-0.2, -0.15) is 4.72 Å². The van der Waals surface area contributed by atoms with E-state index in [4.69, 9.17) is 0 Å². The molecule has 0 saturated carbocycles. The highest BCUT2D eigenvalue weighted by molar-refractivity contribution is 7.89. The molecule has 1 heterocycles. The molecule has 0 aliphatic carbocycles. The van der Waals surface area contributed by atoms with Crippen LogP contribution in [-0.2, 0) is 29.1 Å². The molecule has 1 aromatic rings. The maximum absolute atomic E-state index is 12.8. The summed E-state index contributed by atoms with van der Waals surface area (Å²) in [4.78, 5) is 35.3. The van der Waals surface area contributed by atoms with E-state index >= 15 is 0 Å². The Morgan fingerprint density at radius 2 is 1.92 bits per heavy atom. The van der Waals surface area contributed by atoms with Crippen molar-refractivity contribution in [1.29, 1.82) is 0 Å². The van der Waals surface area contributed by atoms with Crippen molar-refractivity contribution in [3.8, 4) is 0 Å². The topological polar surface area (TPSA) is 110 Å². The number of carbonyl (C=O) groups is 3. The summed E-state index contributed by atoms with van der Waals surface area (Å²) in [6.45, 7) is -1.05. The van der Waals surface area contributed by atoms with Crippen LogP contribution < -0.4 is 4.72 Å². The lowest BCUT2D eigenvalue weighted by Gasteiger charge is -2.13. The second kappa shape index (κ2) is 7.49. The van der Waals surface area contributed by atoms with E-state index in [0.29, 0.717) is 6.42 Å². The van der Waals surface area contributed by atoms with E-state index in [2.05, 4.69) is 4.74 Å². The van der Waals surface area contributed by atoms with Gasteiger partial charge in [-0.3, -0.25) is 19.3 Å². The molecule has 0 unspecified atom stereocenters. The number of sulfonamides is 1. The third-order valence-corrected chi connectivity index (χ3v) is 4.68. The highest BCUT2D eigenvalue weighted by Crippen LogP contribution is 2.10. The molecule has 2 amide bonds. The minimum atomic E-state index is -4.00. The molecule has 0 atom stereocenters. The lowest BCUT2D eigenvalue weighted by Crippen LogP contribution is -2.37. The van der Waals surface area contributed by atoms with E-state index in [-0.39, 0.29) is 23.8 Å². The number of likely N-dealkylation sites (tertiary alicyclic amines) is 1. The van der Waals surface area contributed by atoms with E-state index in [0.717, 1.165) is 29.2 Å². The predicted molar refractivity (Wildman–Crippen MR) is 78.5 cm³/mol. The summed E-state index contributed by atoms with van der Waals surface area (Å²) in [7, 11) is -4.00. The molecule has 130 valence electrons. The highest BCUT2D eigenvalue weighted by Gasteiger charge is 2.27. The Balaban J connectivity index is 1.81. The quantitative estimate of drug-likeness (QED) is 0.705. The SMILES string of the molecule is O=C(CNS(=O)(=O)c1ccc(F)cc1)OCC(=O)N1CCCC1=O. The third-order valence-electron chi connectivity index (χ3n) is 3.26. The van der Waals surface area contributed by atoms with Gasteiger partial charge in [-0.05, 0) is 30.7 Å². The van der Waals surface area contributed by atoms with Crippen molar-refractivity contribution in [2.24, 2.45) is 0 Å². The number of carbonyl (C=O) groups excluding carboxylic acids is 3. The Bertz CT molecular complexity index is 747. The Kier molecular flexibility index (Phi) is 5.62. The first-order valence-corrected chi connectivity index (χ1v) is 8.52. The number of hydrogen-bond donors (Lipinski definition) is 1. The zero-order valence-corrected chi connectivity index (χ0v) is 13.3. The number of amides is 2. The minimum Gasteiger partial charge on any atom is -0.455 e. The number of nitrogens with one attached hydrogen (secondary N) is 1. The molecule has 0 bridgehead atoms. The van der Waals surface area contributed by atoms with Crippen LogP contribution in [0.1, 0.15) is 12.8 Å². The standard InChI is InChI=1S/C14H15FN2O6S/c15-10-3-5-11(6-4-10)24(21,22)16-8-14(20)23-9-13(19)17-7-1-2-12(17)18/h3-6,16H,1-2,7-9H2. The fourth-order valence-corrected chi connectivity index (χ4v) is 3.00. The van der Waals surface area contributed by atoms with Crippen LogP contribution in [0.25, 0.3) is 0 Å². The van der Waals surface area contributed by atoms with Gasteiger partial charge in [0.25, 0.3) is 5.91 Å². The smallest absolute Gasteiger partial charge is 0.321 e. The molecule has 1 saturated heterocycles. The van der Waals surface area contributed by atoms with Crippen molar-refractivity contribution in [2.45, 2.75) is 17.7 Å². The normalized spacial score (nSPS) is 14.7. The van der Waals surface area contributed by atoms with E-state index in [9.17, 15) is 27.2 Å². The second-order valence-corrected chi connectivity index (χ2v) is 6.75. The Labute approximate surface area is 137 Å². The molecule has 1 aliphatic rings. The predicted octanol–water partition coefficient (Wildman–Crippen LogP) is -0.204. The molecule has 0 spiro atoms.